The van der Waals surface area contributed by atoms with Crippen molar-refractivity contribution >= 4 is 11.9 Å². The molecule has 0 aromatic rings. The van der Waals surface area contributed by atoms with Crippen molar-refractivity contribution in [3.63, 3.8) is 0 Å². The van der Waals surface area contributed by atoms with Crippen molar-refractivity contribution in [1.82, 2.24) is 0 Å². The molecule has 1 saturated heterocycles. The van der Waals surface area contributed by atoms with Crippen LogP contribution in [0.25, 0.3) is 0 Å². The quantitative estimate of drug-likeness (QED) is 0.540. The van der Waals surface area contributed by atoms with Crippen LogP contribution in [0.2, 0.25) is 0 Å². The van der Waals surface area contributed by atoms with Crippen LogP contribution in [0, 0.1) is 0 Å². The molecule has 0 spiro atoms. The Hall–Kier alpha value is -1.06. The number of carbonyl (C=O) groups is 2. The maximum atomic E-state index is 10.5. The van der Waals surface area contributed by atoms with Crippen LogP contribution in [-0.2, 0) is 14.3 Å². The van der Waals surface area contributed by atoms with Gasteiger partial charge in [0.2, 0.25) is 0 Å². The first-order chi connectivity index (χ1) is 7.56. The van der Waals surface area contributed by atoms with E-state index in [1.54, 1.807) is 0 Å². The highest BCUT2D eigenvalue weighted by Crippen LogP contribution is 2.12. The van der Waals surface area contributed by atoms with Gasteiger partial charge in [0.25, 0.3) is 0 Å². The van der Waals surface area contributed by atoms with E-state index >= 15 is 0 Å². The lowest BCUT2D eigenvalue weighted by molar-refractivity contribution is -0.305. The van der Waals surface area contributed by atoms with Gasteiger partial charge in [-0.1, -0.05) is 19.8 Å². The lowest BCUT2D eigenvalue weighted by atomic mass is 10.1. The maximum Gasteiger partial charge on any atom is 0.306 e. The Morgan fingerprint density at radius 3 is 2.56 bits per heavy atom. The number of aliphatic carboxylic acids is 1. The number of carboxylic acid groups (broad SMARTS) is 1. The third-order valence-electron chi connectivity index (χ3n) is 2.31. The van der Waals surface area contributed by atoms with Crippen LogP contribution in [-0.4, -0.2) is 18.0 Å². The SMILES string of the molecule is CC1CCCC(=O)O1.CCCCCC(=O)[O-]. The van der Waals surface area contributed by atoms with Crippen LogP contribution < -0.4 is 5.11 Å². The summed E-state index contributed by atoms with van der Waals surface area (Å²) in [6.07, 6.45) is 5.85. The fraction of sp³-hybridized carbons (Fsp3) is 0.833. The summed E-state index contributed by atoms with van der Waals surface area (Å²) in [6, 6.07) is 0. The molecule has 0 amide bonds. The normalized spacial score (nSPS) is 19.4. The number of cyclic esters (lactones) is 1. The molecule has 0 bridgehead atoms. The fourth-order valence-electron chi connectivity index (χ4n) is 1.40. The Labute approximate surface area is 97.0 Å². The van der Waals surface area contributed by atoms with E-state index in [0.29, 0.717) is 6.42 Å². The van der Waals surface area contributed by atoms with Gasteiger partial charge in [0.05, 0.1) is 6.10 Å². The third kappa shape index (κ3) is 9.49. The number of rotatable bonds is 4. The molecule has 1 aliphatic rings. The molecule has 0 saturated carbocycles. The van der Waals surface area contributed by atoms with Gasteiger partial charge in [0.1, 0.15) is 0 Å². The van der Waals surface area contributed by atoms with Gasteiger partial charge in [-0.3, -0.25) is 4.79 Å². The average molecular weight is 229 g/mol. The zero-order chi connectivity index (χ0) is 12.4. The Bertz CT molecular complexity index is 213. The number of hydrogen-bond acceptors (Lipinski definition) is 4. The smallest absolute Gasteiger partial charge is 0.306 e. The van der Waals surface area contributed by atoms with Gasteiger partial charge in [0.15, 0.2) is 0 Å². The highest BCUT2D eigenvalue weighted by atomic mass is 16.5. The van der Waals surface area contributed by atoms with Crippen molar-refractivity contribution in [2.24, 2.45) is 0 Å². The van der Waals surface area contributed by atoms with Crippen LogP contribution >= 0.6 is 0 Å². The highest BCUT2D eigenvalue weighted by Gasteiger charge is 2.14. The van der Waals surface area contributed by atoms with E-state index in [2.05, 4.69) is 0 Å². The van der Waals surface area contributed by atoms with Crippen LogP contribution in [0.3, 0.4) is 0 Å². The Kier molecular flexibility index (Phi) is 8.58. The molecule has 1 fully saturated rings. The zero-order valence-corrected chi connectivity index (χ0v) is 10.2. The van der Waals surface area contributed by atoms with Gasteiger partial charge in [-0.15, -0.1) is 0 Å². The summed E-state index contributed by atoms with van der Waals surface area (Å²) < 4.78 is 4.85. The van der Waals surface area contributed by atoms with Gasteiger partial charge in [-0.2, -0.15) is 0 Å². The summed E-state index contributed by atoms with van der Waals surface area (Å²) in [4.78, 5) is 20.2. The molecule has 1 rings (SSSR count). The van der Waals surface area contributed by atoms with Crippen LogP contribution in [0.15, 0.2) is 0 Å². The van der Waals surface area contributed by atoms with E-state index in [1.807, 2.05) is 13.8 Å². The summed E-state index contributed by atoms with van der Waals surface area (Å²) in [5, 5.41) is 9.76. The van der Waals surface area contributed by atoms with Crippen molar-refractivity contribution < 1.29 is 19.4 Å². The van der Waals surface area contributed by atoms with Crippen molar-refractivity contribution in [1.29, 1.82) is 0 Å². The topological polar surface area (TPSA) is 66.4 Å². The minimum atomic E-state index is -0.932. The first-order valence-electron chi connectivity index (χ1n) is 5.95. The van der Waals surface area contributed by atoms with Gasteiger partial charge in [0, 0.05) is 12.4 Å². The Morgan fingerprint density at radius 1 is 1.50 bits per heavy atom. The summed E-state index contributed by atoms with van der Waals surface area (Å²) in [6.45, 7) is 3.96. The van der Waals surface area contributed by atoms with Crippen molar-refractivity contribution in [2.75, 3.05) is 0 Å². The van der Waals surface area contributed by atoms with Crippen LogP contribution in [0.1, 0.15) is 58.8 Å². The third-order valence-corrected chi connectivity index (χ3v) is 2.31. The first-order valence-corrected chi connectivity index (χ1v) is 5.95. The Morgan fingerprint density at radius 2 is 2.19 bits per heavy atom. The largest absolute Gasteiger partial charge is 0.550 e. The standard InChI is InChI=1S/C6H10O2.C6H12O2/c1-5-3-2-4-6(7)8-5;1-2-3-4-5-6(7)8/h5H,2-4H2,1H3;2-5H2,1H3,(H,7,8)/p-1. The maximum absolute atomic E-state index is 10.5. The summed E-state index contributed by atoms with van der Waals surface area (Å²) in [7, 11) is 0. The first kappa shape index (κ1) is 14.9. The minimum Gasteiger partial charge on any atom is -0.550 e. The molecule has 0 aromatic carbocycles. The van der Waals surface area contributed by atoms with E-state index in [0.717, 1.165) is 32.1 Å². The molecule has 1 unspecified atom stereocenters. The number of carbonyl (C=O) groups excluding carboxylic acids is 2. The lowest BCUT2D eigenvalue weighted by Crippen LogP contribution is -2.21. The second kappa shape index (κ2) is 9.19. The molecule has 0 N–H and O–H groups in total. The summed E-state index contributed by atoms with van der Waals surface area (Å²) in [5.74, 6) is -0.970. The zero-order valence-electron chi connectivity index (χ0n) is 10.2. The predicted octanol–water partition coefficient (Wildman–Crippen LogP) is 1.42. The number of esters is 1. The molecule has 1 heterocycles. The second-order valence-electron chi connectivity index (χ2n) is 4.02. The highest BCUT2D eigenvalue weighted by molar-refractivity contribution is 5.70. The molecular formula is C12H21O4-. The van der Waals surface area contributed by atoms with Gasteiger partial charge >= 0.3 is 5.97 Å². The molecular weight excluding hydrogens is 208 g/mol. The fourth-order valence-corrected chi connectivity index (χ4v) is 1.40. The molecule has 1 atom stereocenters. The summed E-state index contributed by atoms with van der Waals surface area (Å²) in [5.41, 5.74) is 0. The van der Waals surface area contributed by atoms with Crippen LogP contribution in [0.4, 0.5) is 0 Å². The Balaban J connectivity index is 0.000000281. The molecule has 4 nitrogen and oxygen atoms in total. The number of carboxylic acids is 1. The van der Waals surface area contributed by atoms with E-state index in [1.165, 1.54) is 0 Å². The van der Waals surface area contributed by atoms with Gasteiger partial charge in [-0.25, -0.2) is 0 Å². The van der Waals surface area contributed by atoms with Crippen LogP contribution in [0.5, 0.6) is 0 Å². The molecule has 0 radical (unpaired) electrons. The molecule has 16 heavy (non-hydrogen) atoms. The molecule has 94 valence electrons. The van der Waals surface area contributed by atoms with Crippen molar-refractivity contribution in [3.8, 4) is 0 Å². The minimum absolute atomic E-state index is 0.0382. The van der Waals surface area contributed by atoms with Gasteiger partial charge in [-0.05, 0) is 32.6 Å². The van der Waals surface area contributed by atoms with Gasteiger partial charge < -0.3 is 14.6 Å². The summed E-state index contributed by atoms with van der Waals surface area (Å²) >= 11 is 0. The second-order valence-corrected chi connectivity index (χ2v) is 4.02. The average Bonchev–Trinajstić information content (AvgIpc) is 2.18. The predicted molar refractivity (Wildman–Crippen MR) is 58.6 cm³/mol. The molecule has 0 aliphatic carbocycles. The number of ether oxygens (including phenoxy) is 1. The van der Waals surface area contributed by atoms with Crippen molar-refractivity contribution in [2.45, 2.75) is 64.9 Å². The number of unbranched alkanes of at least 4 members (excludes halogenated alkanes) is 2. The van der Waals surface area contributed by atoms with E-state index in [-0.39, 0.29) is 18.5 Å². The lowest BCUT2D eigenvalue weighted by Gasteiger charge is -2.17. The van der Waals surface area contributed by atoms with Crippen molar-refractivity contribution in [3.05, 3.63) is 0 Å². The number of hydrogen-bond donors (Lipinski definition) is 0. The van der Waals surface area contributed by atoms with E-state index in [9.17, 15) is 14.7 Å². The molecule has 1 aliphatic heterocycles. The molecule has 0 aromatic heterocycles. The van der Waals surface area contributed by atoms with E-state index < -0.39 is 5.97 Å². The monoisotopic (exact) mass is 229 g/mol. The molecule has 4 heteroatoms. The van der Waals surface area contributed by atoms with E-state index in [4.69, 9.17) is 4.74 Å².